The summed E-state index contributed by atoms with van der Waals surface area (Å²) in [6.07, 6.45) is -3.68. The van der Waals surface area contributed by atoms with Gasteiger partial charge in [0.25, 0.3) is 0 Å². The van der Waals surface area contributed by atoms with Crippen molar-refractivity contribution in [3.05, 3.63) is 29.8 Å². The van der Waals surface area contributed by atoms with Crippen LogP contribution in [0.3, 0.4) is 0 Å². The van der Waals surface area contributed by atoms with Crippen molar-refractivity contribution >= 4 is 28.9 Å². The number of rotatable bonds is 5. The summed E-state index contributed by atoms with van der Waals surface area (Å²) in [6.45, 7) is 1.81. The molecule has 0 saturated carbocycles. The Morgan fingerprint density at radius 1 is 1.38 bits per heavy atom. The molecule has 0 spiro atoms. The van der Waals surface area contributed by atoms with E-state index in [1.54, 1.807) is 0 Å². The minimum Gasteiger partial charge on any atom is -0.393 e. The first-order valence-corrected chi connectivity index (χ1v) is 6.67. The molecule has 0 aromatic heterocycles. The fourth-order valence-corrected chi connectivity index (χ4v) is 1.92. The lowest BCUT2D eigenvalue weighted by atomic mass is 10.1. The molecule has 1 atom stereocenters. The quantitative estimate of drug-likeness (QED) is 0.730. The molecule has 21 heavy (non-hydrogen) atoms. The van der Waals surface area contributed by atoms with Crippen molar-refractivity contribution in [3.8, 4) is 0 Å². The highest BCUT2D eigenvalue weighted by molar-refractivity contribution is 7.80. The van der Waals surface area contributed by atoms with E-state index in [9.17, 15) is 18.0 Å². The van der Waals surface area contributed by atoms with Gasteiger partial charge in [-0.05, 0) is 18.6 Å². The molecule has 1 aromatic carbocycles. The Kier molecular flexibility index (Phi) is 5.95. The van der Waals surface area contributed by atoms with Gasteiger partial charge in [0, 0.05) is 12.5 Å². The standard InChI is InChI=1S/C13H16F3N3OS/c1-2-8(7-11(17)21)18-12(20)19-10-6-4-3-5-9(10)13(14,15)16/h3-6,8H,2,7H2,1H3,(H2,17,21)(H2,18,19,20). The van der Waals surface area contributed by atoms with Gasteiger partial charge in [-0.3, -0.25) is 0 Å². The third-order valence-corrected chi connectivity index (χ3v) is 2.92. The van der Waals surface area contributed by atoms with Gasteiger partial charge < -0.3 is 16.4 Å². The Morgan fingerprint density at radius 3 is 2.52 bits per heavy atom. The average molecular weight is 319 g/mol. The number of nitrogens with one attached hydrogen (secondary N) is 2. The number of anilines is 1. The van der Waals surface area contributed by atoms with Crippen molar-refractivity contribution in [1.29, 1.82) is 0 Å². The van der Waals surface area contributed by atoms with Gasteiger partial charge in [0.15, 0.2) is 0 Å². The maximum atomic E-state index is 12.8. The molecule has 1 aromatic rings. The fourth-order valence-electron chi connectivity index (χ4n) is 1.72. The number of thiocarbonyl (C=S) groups is 1. The van der Waals surface area contributed by atoms with E-state index in [-0.39, 0.29) is 16.7 Å². The summed E-state index contributed by atoms with van der Waals surface area (Å²) in [4.78, 5) is 12.0. The number of hydrogen-bond acceptors (Lipinski definition) is 2. The first kappa shape index (κ1) is 17.2. The Hall–Kier alpha value is -1.83. The lowest BCUT2D eigenvalue weighted by Gasteiger charge is -2.18. The van der Waals surface area contributed by atoms with Gasteiger partial charge in [-0.2, -0.15) is 13.2 Å². The molecule has 4 nitrogen and oxygen atoms in total. The zero-order chi connectivity index (χ0) is 16.0. The number of urea groups is 1. The van der Waals surface area contributed by atoms with Gasteiger partial charge in [0.05, 0.1) is 16.2 Å². The van der Waals surface area contributed by atoms with Gasteiger partial charge in [-0.25, -0.2) is 4.79 Å². The summed E-state index contributed by atoms with van der Waals surface area (Å²) in [5.74, 6) is 0. The highest BCUT2D eigenvalue weighted by Crippen LogP contribution is 2.34. The number of para-hydroxylation sites is 1. The molecule has 8 heteroatoms. The summed E-state index contributed by atoms with van der Waals surface area (Å²) in [5.41, 5.74) is 4.19. The maximum absolute atomic E-state index is 12.8. The molecular formula is C13H16F3N3OS. The van der Waals surface area contributed by atoms with Crippen molar-refractivity contribution in [2.45, 2.75) is 32.0 Å². The minimum atomic E-state index is -4.53. The smallest absolute Gasteiger partial charge is 0.393 e. The first-order valence-electron chi connectivity index (χ1n) is 6.26. The zero-order valence-electron chi connectivity index (χ0n) is 11.3. The molecule has 0 aliphatic carbocycles. The molecule has 0 aliphatic heterocycles. The lowest BCUT2D eigenvalue weighted by molar-refractivity contribution is -0.136. The molecule has 0 radical (unpaired) electrons. The second kappa shape index (κ2) is 7.26. The van der Waals surface area contributed by atoms with Crippen LogP contribution in [0.15, 0.2) is 24.3 Å². The predicted molar refractivity (Wildman–Crippen MR) is 79.1 cm³/mol. The number of benzene rings is 1. The van der Waals surface area contributed by atoms with E-state index in [4.69, 9.17) is 18.0 Å². The van der Waals surface area contributed by atoms with Gasteiger partial charge in [-0.15, -0.1) is 0 Å². The van der Waals surface area contributed by atoms with E-state index in [1.807, 2.05) is 6.92 Å². The number of alkyl halides is 3. The van der Waals surface area contributed by atoms with Crippen LogP contribution in [0.1, 0.15) is 25.3 Å². The van der Waals surface area contributed by atoms with E-state index in [2.05, 4.69) is 10.6 Å². The van der Waals surface area contributed by atoms with Gasteiger partial charge in [0.1, 0.15) is 0 Å². The van der Waals surface area contributed by atoms with Crippen molar-refractivity contribution < 1.29 is 18.0 Å². The topological polar surface area (TPSA) is 67.1 Å². The molecule has 0 heterocycles. The van der Waals surface area contributed by atoms with Crippen molar-refractivity contribution in [2.75, 3.05) is 5.32 Å². The second-order valence-electron chi connectivity index (χ2n) is 4.42. The highest BCUT2D eigenvalue weighted by atomic mass is 32.1. The van der Waals surface area contributed by atoms with Crippen LogP contribution in [0.4, 0.5) is 23.7 Å². The minimum absolute atomic E-state index is 0.234. The lowest BCUT2D eigenvalue weighted by Crippen LogP contribution is -2.39. The van der Waals surface area contributed by atoms with Gasteiger partial charge >= 0.3 is 12.2 Å². The van der Waals surface area contributed by atoms with Crippen molar-refractivity contribution in [1.82, 2.24) is 5.32 Å². The molecular weight excluding hydrogens is 303 g/mol. The van der Waals surface area contributed by atoms with E-state index in [0.717, 1.165) is 6.07 Å². The van der Waals surface area contributed by atoms with Crippen LogP contribution in [0.25, 0.3) is 0 Å². The van der Waals surface area contributed by atoms with Crippen LogP contribution >= 0.6 is 12.2 Å². The first-order chi connectivity index (χ1) is 9.74. The van der Waals surface area contributed by atoms with Crippen molar-refractivity contribution in [2.24, 2.45) is 5.73 Å². The second-order valence-corrected chi connectivity index (χ2v) is 4.94. The third kappa shape index (κ3) is 5.58. The Balaban J connectivity index is 2.77. The average Bonchev–Trinajstić information content (AvgIpc) is 2.36. The Bertz CT molecular complexity index is 520. The number of amides is 2. The summed E-state index contributed by atoms with van der Waals surface area (Å²) in [5, 5.41) is 4.74. The van der Waals surface area contributed by atoms with Gasteiger partial charge in [0.2, 0.25) is 0 Å². The zero-order valence-corrected chi connectivity index (χ0v) is 12.1. The highest BCUT2D eigenvalue weighted by Gasteiger charge is 2.33. The molecule has 1 rings (SSSR count). The monoisotopic (exact) mass is 319 g/mol. The van der Waals surface area contributed by atoms with E-state index >= 15 is 0 Å². The van der Waals surface area contributed by atoms with Crippen LogP contribution < -0.4 is 16.4 Å². The number of carbonyl (C=O) groups is 1. The summed E-state index contributed by atoms with van der Waals surface area (Å²) >= 11 is 4.75. The van der Waals surface area contributed by atoms with Crippen LogP contribution in [0.5, 0.6) is 0 Å². The summed E-state index contributed by atoms with van der Waals surface area (Å²) in [6, 6.07) is 3.72. The normalized spacial score (nSPS) is 12.6. The Morgan fingerprint density at radius 2 is 2.00 bits per heavy atom. The number of nitrogens with two attached hydrogens (primary N) is 1. The molecule has 0 fully saturated rings. The van der Waals surface area contributed by atoms with Gasteiger partial charge in [-0.1, -0.05) is 31.3 Å². The predicted octanol–water partition coefficient (Wildman–Crippen LogP) is 3.28. The maximum Gasteiger partial charge on any atom is 0.418 e. The molecule has 0 aliphatic rings. The molecule has 1 unspecified atom stereocenters. The van der Waals surface area contributed by atoms with Crippen LogP contribution in [0, 0.1) is 0 Å². The molecule has 116 valence electrons. The molecule has 4 N–H and O–H groups in total. The van der Waals surface area contributed by atoms with Crippen LogP contribution in [-0.4, -0.2) is 17.1 Å². The van der Waals surface area contributed by atoms with E-state index < -0.39 is 17.8 Å². The Labute approximate surface area is 125 Å². The van der Waals surface area contributed by atoms with E-state index in [0.29, 0.717) is 12.8 Å². The fraction of sp³-hybridized carbons (Fsp3) is 0.385. The summed E-state index contributed by atoms with van der Waals surface area (Å²) in [7, 11) is 0. The van der Waals surface area contributed by atoms with E-state index in [1.165, 1.54) is 18.2 Å². The SMILES string of the molecule is CCC(CC(N)=S)NC(=O)Nc1ccccc1C(F)(F)F. The number of carbonyl (C=O) groups excluding carboxylic acids is 1. The van der Waals surface area contributed by atoms with Crippen molar-refractivity contribution in [3.63, 3.8) is 0 Å². The number of hydrogen-bond donors (Lipinski definition) is 3. The molecule has 0 saturated heterocycles. The van der Waals surface area contributed by atoms with Crippen LogP contribution in [-0.2, 0) is 6.18 Å². The summed E-state index contributed by atoms with van der Waals surface area (Å²) < 4.78 is 38.4. The molecule has 2 amide bonds. The largest absolute Gasteiger partial charge is 0.418 e. The third-order valence-electron chi connectivity index (χ3n) is 2.76. The molecule has 0 bridgehead atoms. The van der Waals surface area contributed by atoms with Crippen LogP contribution in [0.2, 0.25) is 0 Å². The number of halogens is 3.